The Morgan fingerprint density at radius 2 is 2.23 bits per heavy atom. The largest absolute Gasteiger partial charge is 0.417 e. The fourth-order valence-electron chi connectivity index (χ4n) is 3.01. The summed E-state index contributed by atoms with van der Waals surface area (Å²) in [5.74, 6) is 0.636. The number of alkyl halides is 3. The quantitative estimate of drug-likeness (QED) is 0.789. The molecule has 4 nitrogen and oxygen atoms in total. The second-order valence-electron chi connectivity index (χ2n) is 6.44. The maximum atomic E-state index is 12.7. The van der Waals surface area contributed by atoms with E-state index in [0.29, 0.717) is 18.9 Å². The highest BCUT2D eigenvalue weighted by Crippen LogP contribution is 2.29. The zero-order valence-corrected chi connectivity index (χ0v) is 15.2. The lowest BCUT2D eigenvalue weighted by Crippen LogP contribution is -2.45. The Kier molecular flexibility index (Phi) is 5.62. The van der Waals surface area contributed by atoms with Gasteiger partial charge in [0.2, 0.25) is 0 Å². The summed E-state index contributed by atoms with van der Waals surface area (Å²) >= 11 is 1.44. The summed E-state index contributed by atoms with van der Waals surface area (Å²) in [6.45, 7) is 3.70. The first kappa shape index (κ1) is 18.8. The van der Waals surface area contributed by atoms with Crippen molar-refractivity contribution in [3.8, 4) is 0 Å². The monoisotopic (exact) mass is 383 g/mol. The van der Waals surface area contributed by atoms with Crippen molar-refractivity contribution in [2.45, 2.75) is 38.5 Å². The van der Waals surface area contributed by atoms with Gasteiger partial charge in [0.25, 0.3) is 0 Å². The summed E-state index contributed by atoms with van der Waals surface area (Å²) in [7, 11) is 0. The van der Waals surface area contributed by atoms with E-state index in [0.717, 1.165) is 42.1 Å². The Hall–Kier alpha value is -1.93. The molecule has 2 aromatic heterocycles. The average molecular weight is 383 g/mol. The molecule has 0 spiro atoms. The van der Waals surface area contributed by atoms with Crippen LogP contribution in [0.2, 0.25) is 0 Å². The molecule has 0 bridgehead atoms. The molecule has 8 heteroatoms. The third-order valence-corrected chi connectivity index (χ3v) is 5.50. The van der Waals surface area contributed by atoms with Crippen LogP contribution in [0.5, 0.6) is 0 Å². The fraction of sp³-hybridized carbons (Fsp3) is 0.444. The molecule has 0 radical (unpaired) electrons. The molecular weight excluding hydrogens is 363 g/mol. The van der Waals surface area contributed by atoms with Gasteiger partial charge in [-0.25, -0.2) is 4.98 Å². The predicted molar refractivity (Wildman–Crippen MR) is 95.6 cm³/mol. The third-order valence-electron chi connectivity index (χ3n) is 4.42. The smallest absolute Gasteiger partial charge is 0.355 e. The van der Waals surface area contributed by atoms with Crippen LogP contribution in [0.4, 0.5) is 19.0 Å². The summed E-state index contributed by atoms with van der Waals surface area (Å²) < 4.78 is 38.0. The van der Waals surface area contributed by atoms with Crippen molar-refractivity contribution in [1.82, 2.24) is 10.3 Å². The molecule has 0 aromatic carbocycles. The van der Waals surface area contributed by atoms with Gasteiger partial charge in [-0.05, 0) is 48.9 Å². The number of pyridine rings is 1. The molecule has 1 aliphatic heterocycles. The van der Waals surface area contributed by atoms with Crippen LogP contribution < -0.4 is 10.2 Å². The zero-order chi connectivity index (χ0) is 18.7. The second-order valence-corrected chi connectivity index (χ2v) is 7.36. The number of hydrogen-bond acceptors (Lipinski definition) is 5. The van der Waals surface area contributed by atoms with Gasteiger partial charge in [0.05, 0.1) is 10.4 Å². The molecule has 1 aliphatic rings. The van der Waals surface area contributed by atoms with Gasteiger partial charge in [-0.15, -0.1) is 11.3 Å². The number of halogens is 3. The van der Waals surface area contributed by atoms with Crippen molar-refractivity contribution >= 4 is 22.9 Å². The molecule has 26 heavy (non-hydrogen) atoms. The lowest BCUT2D eigenvalue weighted by atomic mass is 10.1. The number of Topliss-reactive ketones (excluding diaryl/α,β-unsaturated/α-hetero) is 1. The van der Waals surface area contributed by atoms with Crippen molar-refractivity contribution in [3.63, 3.8) is 0 Å². The molecule has 1 saturated heterocycles. The highest BCUT2D eigenvalue weighted by Gasteiger charge is 2.31. The van der Waals surface area contributed by atoms with Gasteiger partial charge in [-0.1, -0.05) is 0 Å². The first-order chi connectivity index (χ1) is 12.3. The average Bonchev–Trinajstić information content (AvgIpc) is 3.09. The Balaban J connectivity index is 1.57. The SMILES string of the molecule is CC(=O)c1cc(CNC2CCCN(c3ccc(C(F)(F)F)cn3)C2)cs1. The molecular formula is C18H20F3N3OS. The minimum atomic E-state index is -4.36. The number of thiophene rings is 1. The number of nitrogens with zero attached hydrogens (tertiary/aromatic N) is 2. The molecule has 3 heterocycles. The van der Waals surface area contributed by atoms with Crippen LogP contribution in [0.15, 0.2) is 29.8 Å². The number of hydrogen-bond donors (Lipinski definition) is 1. The van der Waals surface area contributed by atoms with E-state index in [-0.39, 0.29) is 11.8 Å². The standard InChI is InChI=1S/C18H20F3N3OS/c1-12(25)16-7-13(11-26-16)8-22-15-3-2-6-24(10-15)17-5-4-14(9-23-17)18(19,20)21/h4-5,7,9,11,15,22H,2-3,6,8,10H2,1H3. The molecule has 0 saturated carbocycles. The molecule has 0 aliphatic carbocycles. The molecule has 1 atom stereocenters. The second kappa shape index (κ2) is 7.75. The fourth-order valence-corrected chi connectivity index (χ4v) is 3.82. The van der Waals surface area contributed by atoms with Crippen molar-refractivity contribution in [2.24, 2.45) is 0 Å². The van der Waals surface area contributed by atoms with Crippen molar-refractivity contribution in [1.29, 1.82) is 0 Å². The Morgan fingerprint density at radius 1 is 1.42 bits per heavy atom. The van der Waals surface area contributed by atoms with Crippen molar-refractivity contribution in [2.75, 3.05) is 18.0 Å². The van der Waals surface area contributed by atoms with Crippen LogP contribution in [-0.4, -0.2) is 29.9 Å². The van der Waals surface area contributed by atoms with E-state index in [4.69, 9.17) is 0 Å². The van der Waals surface area contributed by atoms with Gasteiger partial charge in [-0.3, -0.25) is 4.79 Å². The van der Waals surface area contributed by atoms with Gasteiger partial charge in [0.15, 0.2) is 5.78 Å². The van der Waals surface area contributed by atoms with E-state index in [2.05, 4.69) is 10.3 Å². The lowest BCUT2D eigenvalue weighted by Gasteiger charge is -2.34. The minimum Gasteiger partial charge on any atom is -0.355 e. The van der Waals surface area contributed by atoms with Crippen LogP contribution >= 0.6 is 11.3 Å². The van der Waals surface area contributed by atoms with Crippen molar-refractivity contribution < 1.29 is 18.0 Å². The Labute approximate surface area is 154 Å². The van der Waals surface area contributed by atoms with E-state index >= 15 is 0 Å². The molecule has 0 amide bonds. The van der Waals surface area contributed by atoms with Gasteiger partial charge < -0.3 is 10.2 Å². The lowest BCUT2D eigenvalue weighted by molar-refractivity contribution is -0.137. The summed E-state index contributed by atoms with van der Waals surface area (Å²) in [5.41, 5.74) is 0.344. The number of ketones is 1. The minimum absolute atomic E-state index is 0.0680. The topological polar surface area (TPSA) is 45.2 Å². The predicted octanol–water partition coefficient (Wildman–Crippen LogP) is 4.12. The Bertz CT molecular complexity index is 758. The van der Waals surface area contributed by atoms with E-state index in [9.17, 15) is 18.0 Å². The van der Waals surface area contributed by atoms with Gasteiger partial charge >= 0.3 is 6.18 Å². The number of nitrogens with one attached hydrogen (secondary N) is 1. The van der Waals surface area contributed by atoms with Crippen LogP contribution in [-0.2, 0) is 12.7 Å². The Morgan fingerprint density at radius 3 is 2.85 bits per heavy atom. The first-order valence-electron chi connectivity index (χ1n) is 8.43. The summed E-state index contributed by atoms with van der Waals surface area (Å²) in [6.07, 6.45) is -1.53. The summed E-state index contributed by atoms with van der Waals surface area (Å²) in [5, 5.41) is 5.45. The van der Waals surface area contributed by atoms with Crippen LogP contribution in [0.3, 0.4) is 0 Å². The van der Waals surface area contributed by atoms with E-state index in [1.54, 1.807) is 6.92 Å². The van der Waals surface area contributed by atoms with E-state index in [1.165, 1.54) is 17.4 Å². The number of rotatable bonds is 5. The molecule has 2 aromatic rings. The van der Waals surface area contributed by atoms with Crippen LogP contribution in [0.1, 0.15) is 40.6 Å². The number of carbonyl (C=O) groups is 1. The number of anilines is 1. The molecule has 1 N–H and O–H groups in total. The normalized spacial score (nSPS) is 18.2. The highest BCUT2D eigenvalue weighted by atomic mass is 32.1. The van der Waals surface area contributed by atoms with Gasteiger partial charge in [0, 0.05) is 31.9 Å². The zero-order valence-electron chi connectivity index (χ0n) is 14.3. The van der Waals surface area contributed by atoms with Crippen molar-refractivity contribution in [3.05, 3.63) is 45.8 Å². The maximum Gasteiger partial charge on any atom is 0.417 e. The molecule has 140 valence electrons. The first-order valence-corrected chi connectivity index (χ1v) is 9.31. The summed E-state index contributed by atoms with van der Waals surface area (Å²) in [4.78, 5) is 18.1. The van der Waals surface area contributed by atoms with Gasteiger partial charge in [-0.2, -0.15) is 13.2 Å². The van der Waals surface area contributed by atoms with Crippen LogP contribution in [0, 0.1) is 0 Å². The molecule has 3 rings (SSSR count). The number of aromatic nitrogens is 1. The van der Waals surface area contributed by atoms with Crippen LogP contribution in [0.25, 0.3) is 0 Å². The van der Waals surface area contributed by atoms with E-state index in [1.807, 2.05) is 16.3 Å². The third kappa shape index (κ3) is 4.62. The van der Waals surface area contributed by atoms with Gasteiger partial charge in [0.1, 0.15) is 5.82 Å². The van der Waals surface area contributed by atoms with E-state index < -0.39 is 11.7 Å². The number of piperidine rings is 1. The summed E-state index contributed by atoms with van der Waals surface area (Å²) in [6, 6.07) is 4.64. The highest BCUT2D eigenvalue weighted by molar-refractivity contribution is 7.12. The maximum absolute atomic E-state index is 12.7. The molecule has 1 unspecified atom stereocenters. The molecule has 1 fully saturated rings. The number of carbonyl (C=O) groups excluding carboxylic acids is 1.